The van der Waals surface area contributed by atoms with Crippen LogP contribution >= 0.6 is 27.5 Å². The Balaban J connectivity index is 2.66. The number of hydrogen-bond acceptors (Lipinski definition) is 3. The van der Waals surface area contributed by atoms with Crippen LogP contribution in [0.1, 0.15) is 0 Å². The lowest BCUT2D eigenvalue weighted by Gasteiger charge is -2.06. The van der Waals surface area contributed by atoms with Crippen molar-refractivity contribution < 1.29 is 14.3 Å². The van der Waals surface area contributed by atoms with Crippen molar-refractivity contribution in [2.45, 2.75) is 0 Å². The number of hydrogen-bond donors (Lipinski definition) is 0. The number of ether oxygens (including phenoxy) is 2. The van der Waals surface area contributed by atoms with E-state index in [-0.39, 0.29) is 6.61 Å². The van der Waals surface area contributed by atoms with Gasteiger partial charge in [-0.3, -0.25) is 0 Å². The van der Waals surface area contributed by atoms with Crippen LogP contribution in [0.3, 0.4) is 0 Å². The van der Waals surface area contributed by atoms with E-state index in [0.717, 1.165) is 4.47 Å². The van der Waals surface area contributed by atoms with Gasteiger partial charge in [0.15, 0.2) is 6.61 Å². The summed E-state index contributed by atoms with van der Waals surface area (Å²) in [7, 11) is 1.30. The quantitative estimate of drug-likeness (QED) is 0.798. The molecule has 0 saturated heterocycles. The standard InChI is InChI=1S/C9H8BrClO3/c1-13-9(12)5-14-8-4-6(10)2-3-7(8)11/h2-4H,5H2,1H3. The average Bonchev–Trinajstić information content (AvgIpc) is 2.19. The highest BCUT2D eigenvalue weighted by Crippen LogP contribution is 2.27. The van der Waals surface area contributed by atoms with E-state index in [9.17, 15) is 4.79 Å². The molecule has 1 rings (SSSR count). The van der Waals surface area contributed by atoms with Crippen LogP contribution in [-0.2, 0) is 9.53 Å². The summed E-state index contributed by atoms with van der Waals surface area (Å²) >= 11 is 9.09. The second kappa shape index (κ2) is 5.22. The summed E-state index contributed by atoms with van der Waals surface area (Å²) in [5, 5.41) is 0.456. The average molecular weight is 280 g/mol. The highest BCUT2D eigenvalue weighted by molar-refractivity contribution is 9.10. The third kappa shape index (κ3) is 3.20. The van der Waals surface area contributed by atoms with Gasteiger partial charge in [-0.05, 0) is 18.2 Å². The Hall–Kier alpha value is -0.740. The lowest BCUT2D eigenvalue weighted by Crippen LogP contribution is -2.12. The van der Waals surface area contributed by atoms with Crippen LogP contribution in [0.25, 0.3) is 0 Å². The summed E-state index contributed by atoms with van der Waals surface area (Å²) in [6.45, 7) is -0.146. The van der Waals surface area contributed by atoms with Gasteiger partial charge in [0.1, 0.15) is 5.75 Å². The first-order valence-electron chi connectivity index (χ1n) is 3.78. The SMILES string of the molecule is COC(=O)COc1cc(Br)ccc1Cl. The molecular formula is C9H8BrClO3. The molecule has 0 saturated carbocycles. The van der Waals surface area contributed by atoms with Gasteiger partial charge in [-0.15, -0.1) is 0 Å². The summed E-state index contributed by atoms with van der Waals surface area (Å²) in [5.74, 6) is 0.00693. The smallest absolute Gasteiger partial charge is 0.343 e. The summed E-state index contributed by atoms with van der Waals surface area (Å²) in [4.78, 5) is 10.8. The fourth-order valence-corrected chi connectivity index (χ4v) is 1.30. The molecule has 0 bridgehead atoms. The van der Waals surface area contributed by atoms with Crippen molar-refractivity contribution in [1.82, 2.24) is 0 Å². The zero-order chi connectivity index (χ0) is 10.6. The minimum absolute atomic E-state index is 0.146. The van der Waals surface area contributed by atoms with Gasteiger partial charge < -0.3 is 9.47 Å². The maximum absolute atomic E-state index is 10.8. The van der Waals surface area contributed by atoms with Crippen molar-refractivity contribution in [2.24, 2.45) is 0 Å². The van der Waals surface area contributed by atoms with Gasteiger partial charge >= 0.3 is 5.97 Å². The summed E-state index contributed by atoms with van der Waals surface area (Å²) in [5.41, 5.74) is 0. The first kappa shape index (κ1) is 11.3. The zero-order valence-electron chi connectivity index (χ0n) is 7.42. The fourth-order valence-electron chi connectivity index (χ4n) is 0.783. The number of esters is 1. The lowest BCUT2D eigenvalue weighted by atomic mass is 10.3. The Bertz CT molecular complexity index is 341. The maximum atomic E-state index is 10.8. The molecule has 76 valence electrons. The Kier molecular flexibility index (Phi) is 4.22. The van der Waals surface area contributed by atoms with Crippen molar-refractivity contribution in [3.63, 3.8) is 0 Å². The first-order chi connectivity index (χ1) is 6.63. The molecule has 0 heterocycles. The fraction of sp³-hybridized carbons (Fsp3) is 0.222. The number of carbonyl (C=O) groups is 1. The number of carbonyl (C=O) groups excluding carboxylic acids is 1. The molecule has 0 atom stereocenters. The van der Waals surface area contributed by atoms with E-state index < -0.39 is 5.97 Å². The largest absolute Gasteiger partial charge is 0.480 e. The molecule has 1 aromatic rings. The van der Waals surface area contributed by atoms with Crippen molar-refractivity contribution in [2.75, 3.05) is 13.7 Å². The topological polar surface area (TPSA) is 35.5 Å². The number of halogens is 2. The van der Waals surface area contributed by atoms with Crippen LogP contribution in [0.5, 0.6) is 5.75 Å². The molecule has 0 unspecified atom stereocenters. The van der Waals surface area contributed by atoms with Crippen LogP contribution in [0.15, 0.2) is 22.7 Å². The van der Waals surface area contributed by atoms with E-state index in [1.807, 2.05) is 0 Å². The van der Waals surface area contributed by atoms with E-state index >= 15 is 0 Å². The predicted octanol–water partition coefficient (Wildman–Crippen LogP) is 2.65. The van der Waals surface area contributed by atoms with E-state index in [4.69, 9.17) is 16.3 Å². The van der Waals surface area contributed by atoms with Crippen LogP contribution in [0.2, 0.25) is 5.02 Å². The lowest BCUT2D eigenvalue weighted by molar-refractivity contribution is -0.142. The number of methoxy groups -OCH3 is 1. The second-order valence-corrected chi connectivity index (χ2v) is 3.76. The molecule has 3 nitrogen and oxygen atoms in total. The Labute approximate surface area is 95.1 Å². The molecule has 14 heavy (non-hydrogen) atoms. The minimum atomic E-state index is -0.443. The molecule has 0 aliphatic rings. The van der Waals surface area contributed by atoms with E-state index in [0.29, 0.717) is 10.8 Å². The minimum Gasteiger partial charge on any atom is -0.480 e. The molecule has 1 aromatic carbocycles. The molecule has 0 N–H and O–H groups in total. The van der Waals surface area contributed by atoms with Gasteiger partial charge in [-0.25, -0.2) is 4.79 Å². The summed E-state index contributed by atoms with van der Waals surface area (Å²) < 4.78 is 10.4. The molecule has 0 aliphatic heterocycles. The third-order valence-electron chi connectivity index (χ3n) is 1.47. The molecule has 0 aromatic heterocycles. The second-order valence-electron chi connectivity index (χ2n) is 2.44. The van der Waals surface area contributed by atoms with Crippen molar-refractivity contribution in [1.29, 1.82) is 0 Å². The maximum Gasteiger partial charge on any atom is 0.343 e. The molecule has 0 radical (unpaired) electrons. The Morgan fingerprint density at radius 1 is 1.57 bits per heavy atom. The normalized spacial score (nSPS) is 9.64. The van der Waals surface area contributed by atoms with Gasteiger partial charge in [0.25, 0.3) is 0 Å². The number of benzene rings is 1. The van der Waals surface area contributed by atoms with Crippen LogP contribution in [0.4, 0.5) is 0 Å². The van der Waals surface area contributed by atoms with Gasteiger partial charge in [0, 0.05) is 4.47 Å². The Morgan fingerprint density at radius 2 is 2.29 bits per heavy atom. The first-order valence-corrected chi connectivity index (χ1v) is 4.95. The molecule has 0 fully saturated rings. The molecule has 0 aliphatic carbocycles. The highest BCUT2D eigenvalue weighted by Gasteiger charge is 2.05. The Morgan fingerprint density at radius 3 is 2.93 bits per heavy atom. The summed E-state index contributed by atoms with van der Waals surface area (Å²) in [6, 6.07) is 5.15. The van der Waals surface area contributed by atoms with Crippen molar-refractivity contribution >= 4 is 33.5 Å². The van der Waals surface area contributed by atoms with E-state index in [1.165, 1.54) is 7.11 Å². The zero-order valence-corrected chi connectivity index (χ0v) is 9.76. The number of rotatable bonds is 3. The molecule has 0 amide bonds. The van der Waals surface area contributed by atoms with Gasteiger partial charge in [0.2, 0.25) is 0 Å². The van der Waals surface area contributed by atoms with Gasteiger partial charge in [-0.2, -0.15) is 0 Å². The monoisotopic (exact) mass is 278 g/mol. The highest BCUT2D eigenvalue weighted by atomic mass is 79.9. The van der Waals surface area contributed by atoms with E-state index in [2.05, 4.69) is 20.7 Å². The van der Waals surface area contributed by atoms with E-state index in [1.54, 1.807) is 18.2 Å². The van der Waals surface area contributed by atoms with Gasteiger partial charge in [0.05, 0.1) is 12.1 Å². The van der Waals surface area contributed by atoms with Crippen LogP contribution < -0.4 is 4.74 Å². The summed E-state index contributed by atoms with van der Waals surface area (Å²) in [6.07, 6.45) is 0. The van der Waals surface area contributed by atoms with Crippen LogP contribution in [-0.4, -0.2) is 19.7 Å². The third-order valence-corrected chi connectivity index (χ3v) is 2.27. The molecular weight excluding hydrogens is 271 g/mol. The molecule has 0 spiro atoms. The van der Waals surface area contributed by atoms with Crippen LogP contribution in [0, 0.1) is 0 Å². The van der Waals surface area contributed by atoms with Crippen molar-refractivity contribution in [3.05, 3.63) is 27.7 Å². The van der Waals surface area contributed by atoms with Crippen molar-refractivity contribution in [3.8, 4) is 5.75 Å². The molecule has 5 heteroatoms. The van der Waals surface area contributed by atoms with Gasteiger partial charge in [-0.1, -0.05) is 27.5 Å². The predicted molar refractivity (Wildman–Crippen MR) is 56.7 cm³/mol.